The molecule has 0 saturated carbocycles. The molecule has 39 heavy (non-hydrogen) atoms. The SMILES string of the molecule is COc1ccc(Cc2c(C)cc(S(N)(=O)=O)c(Nc3ccc(C(F)(F)F)cn3)c2-c2cc(C#N)ccn2)cc1. The van der Waals surface area contributed by atoms with Crippen molar-refractivity contribution >= 4 is 21.5 Å². The number of sulfonamides is 1. The highest BCUT2D eigenvalue weighted by Gasteiger charge is 2.31. The van der Waals surface area contributed by atoms with Gasteiger partial charge in [0.15, 0.2) is 0 Å². The Morgan fingerprint density at radius 1 is 1.08 bits per heavy atom. The van der Waals surface area contributed by atoms with Crippen LogP contribution in [0.2, 0.25) is 0 Å². The summed E-state index contributed by atoms with van der Waals surface area (Å²) in [6, 6.07) is 15.6. The minimum atomic E-state index is -4.60. The van der Waals surface area contributed by atoms with E-state index in [0.29, 0.717) is 35.1 Å². The Balaban J connectivity index is 1.98. The van der Waals surface area contributed by atoms with Gasteiger partial charge in [0, 0.05) is 18.0 Å². The highest BCUT2D eigenvalue weighted by Crippen LogP contribution is 2.40. The van der Waals surface area contributed by atoms with E-state index in [9.17, 15) is 26.9 Å². The molecule has 0 bridgehead atoms. The smallest absolute Gasteiger partial charge is 0.417 e. The van der Waals surface area contributed by atoms with E-state index in [2.05, 4.69) is 15.3 Å². The summed E-state index contributed by atoms with van der Waals surface area (Å²) in [5.74, 6) is 0.601. The number of methoxy groups -OCH3 is 1. The number of rotatable bonds is 7. The van der Waals surface area contributed by atoms with Crippen LogP contribution in [0.3, 0.4) is 0 Å². The normalized spacial score (nSPS) is 11.6. The fourth-order valence-electron chi connectivity index (χ4n) is 4.03. The molecule has 2 heterocycles. The number of ether oxygens (including phenoxy) is 1. The second-order valence-electron chi connectivity index (χ2n) is 8.59. The van der Waals surface area contributed by atoms with Gasteiger partial charge in [0.05, 0.1) is 35.7 Å². The van der Waals surface area contributed by atoms with Crippen LogP contribution >= 0.6 is 0 Å². The minimum absolute atomic E-state index is 0.0264. The maximum atomic E-state index is 13.1. The van der Waals surface area contributed by atoms with Gasteiger partial charge in [-0.3, -0.25) is 4.98 Å². The number of aromatic nitrogens is 2. The van der Waals surface area contributed by atoms with Gasteiger partial charge in [0.2, 0.25) is 10.0 Å². The highest BCUT2D eigenvalue weighted by atomic mass is 32.2. The fourth-order valence-corrected chi connectivity index (χ4v) is 4.81. The predicted octanol–water partition coefficient (Wildman–Crippen LogP) is 5.33. The number of nitrogens with one attached hydrogen (secondary N) is 1. The fraction of sp³-hybridized carbons (Fsp3) is 0.148. The van der Waals surface area contributed by atoms with Crippen LogP contribution in [0.15, 0.2) is 71.9 Å². The number of hydrogen-bond acceptors (Lipinski definition) is 7. The lowest BCUT2D eigenvalue weighted by Gasteiger charge is -2.21. The number of aryl methyl sites for hydroxylation is 1. The van der Waals surface area contributed by atoms with Gasteiger partial charge in [-0.25, -0.2) is 18.5 Å². The lowest BCUT2D eigenvalue weighted by atomic mass is 9.91. The Morgan fingerprint density at radius 2 is 1.79 bits per heavy atom. The Hall–Kier alpha value is -4.47. The van der Waals surface area contributed by atoms with Crippen molar-refractivity contribution in [3.05, 3.63) is 94.8 Å². The maximum Gasteiger partial charge on any atom is 0.417 e. The molecule has 200 valence electrons. The molecule has 0 unspecified atom stereocenters. The summed E-state index contributed by atoms with van der Waals surface area (Å²) >= 11 is 0. The van der Waals surface area contributed by atoms with E-state index in [1.54, 1.807) is 26.2 Å². The van der Waals surface area contributed by atoms with Gasteiger partial charge in [-0.1, -0.05) is 12.1 Å². The van der Waals surface area contributed by atoms with Crippen LogP contribution in [0.1, 0.15) is 27.8 Å². The van der Waals surface area contributed by atoms with Gasteiger partial charge in [-0.2, -0.15) is 18.4 Å². The molecule has 0 spiro atoms. The Bertz CT molecular complexity index is 1670. The largest absolute Gasteiger partial charge is 0.497 e. The molecule has 4 rings (SSSR count). The number of anilines is 2. The first-order valence-corrected chi connectivity index (χ1v) is 12.9. The van der Waals surface area contributed by atoms with Crippen molar-refractivity contribution < 1.29 is 26.3 Å². The molecular weight excluding hydrogens is 531 g/mol. The Morgan fingerprint density at radius 3 is 2.36 bits per heavy atom. The van der Waals surface area contributed by atoms with E-state index in [1.165, 1.54) is 24.4 Å². The molecule has 8 nitrogen and oxygen atoms in total. The van der Waals surface area contributed by atoms with E-state index in [-0.39, 0.29) is 27.7 Å². The van der Waals surface area contributed by atoms with Gasteiger partial charge < -0.3 is 10.1 Å². The summed E-state index contributed by atoms with van der Waals surface area (Å²) in [4.78, 5) is 7.91. The predicted molar refractivity (Wildman–Crippen MR) is 139 cm³/mol. The monoisotopic (exact) mass is 553 g/mol. The molecule has 0 aliphatic rings. The van der Waals surface area contributed by atoms with Crippen molar-refractivity contribution in [1.29, 1.82) is 5.26 Å². The molecule has 0 fully saturated rings. The zero-order chi connectivity index (χ0) is 28.4. The summed E-state index contributed by atoms with van der Waals surface area (Å²) in [5, 5.41) is 17.9. The van der Waals surface area contributed by atoms with Gasteiger partial charge in [0.1, 0.15) is 16.5 Å². The Labute approximate surface area is 223 Å². The second kappa shape index (κ2) is 10.7. The molecule has 0 atom stereocenters. The molecule has 2 aromatic carbocycles. The second-order valence-corrected chi connectivity index (χ2v) is 10.1. The van der Waals surface area contributed by atoms with Crippen molar-refractivity contribution in [1.82, 2.24) is 9.97 Å². The third kappa shape index (κ3) is 6.17. The first kappa shape index (κ1) is 27.6. The van der Waals surface area contributed by atoms with Crippen molar-refractivity contribution in [2.45, 2.75) is 24.4 Å². The lowest BCUT2D eigenvalue weighted by molar-refractivity contribution is -0.137. The van der Waals surface area contributed by atoms with Crippen molar-refractivity contribution in [3.63, 3.8) is 0 Å². The molecule has 2 aromatic heterocycles. The van der Waals surface area contributed by atoms with E-state index < -0.39 is 21.8 Å². The number of nitrogens with two attached hydrogens (primary N) is 1. The van der Waals surface area contributed by atoms with Crippen molar-refractivity contribution in [3.8, 4) is 23.1 Å². The first-order chi connectivity index (χ1) is 18.4. The van der Waals surface area contributed by atoms with E-state index in [0.717, 1.165) is 17.7 Å². The van der Waals surface area contributed by atoms with Crippen LogP contribution in [-0.2, 0) is 22.6 Å². The summed E-state index contributed by atoms with van der Waals surface area (Å²) in [7, 11) is -2.79. The third-order valence-corrected chi connectivity index (χ3v) is 6.89. The first-order valence-electron chi connectivity index (χ1n) is 11.4. The molecule has 0 aliphatic carbocycles. The van der Waals surface area contributed by atoms with Gasteiger partial charge >= 0.3 is 6.18 Å². The Kier molecular flexibility index (Phi) is 7.58. The zero-order valence-corrected chi connectivity index (χ0v) is 21.6. The standard InChI is InChI=1S/C27H22F3N5O3S/c1-16-11-23(39(32,36)37)26(35-24-8-5-19(15-34-24)27(28,29)30)25(22-13-18(14-31)9-10-33-22)21(16)12-17-3-6-20(38-2)7-4-17/h3-11,13,15H,12H2,1-2H3,(H,34,35)(H2,32,36,37). The van der Waals surface area contributed by atoms with Crippen LogP contribution in [0.4, 0.5) is 24.7 Å². The average Bonchev–Trinajstić information content (AvgIpc) is 2.90. The van der Waals surface area contributed by atoms with Crippen LogP contribution in [0, 0.1) is 18.3 Å². The zero-order valence-electron chi connectivity index (χ0n) is 20.7. The van der Waals surface area contributed by atoms with Crippen LogP contribution < -0.4 is 15.2 Å². The quantitative estimate of drug-likeness (QED) is 0.316. The van der Waals surface area contributed by atoms with Crippen molar-refractivity contribution in [2.24, 2.45) is 5.14 Å². The summed E-state index contributed by atoms with van der Waals surface area (Å²) in [6.07, 6.45) is -2.23. The molecule has 12 heteroatoms. The highest BCUT2D eigenvalue weighted by molar-refractivity contribution is 7.89. The molecule has 3 N–H and O–H groups in total. The number of primary sulfonamides is 1. The third-order valence-electron chi connectivity index (χ3n) is 5.96. The lowest BCUT2D eigenvalue weighted by Crippen LogP contribution is -2.17. The molecule has 4 aromatic rings. The number of halogens is 3. The van der Waals surface area contributed by atoms with Crippen LogP contribution in [0.5, 0.6) is 5.75 Å². The summed E-state index contributed by atoms with van der Waals surface area (Å²) < 4.78 is 69.9. The molecule has 0 amide bonds. The number of pyridine rings is 2. The minimum Gasteiger partial charge on any atom is -0.497 e. The van der Waals surface area contributed by atoms with Gasteiger partial charge in [0.25, 0.3) is 0 Å². The molecule has 0 saturated heterocycles. The van der Waals surface area contributed by atoms with Crippen molar-refractivity contribution in [2.75, 3.05) is 12.4 Å². The van der Waals surface area contributed by atoms with E-state index in [1.807, 2.05) is 18.2 Å². The van der Waals surface area contributed by atoms with E-state index in [4.69, 9.17) is 9.88 Å². The summed E-state index contributed by atoms with van der Waals surface area (Å²) in [5.41, 5.74) is 1.94. The number of alkyl halides is 3. The van der Waals surface area contributed by atoms with Crippen LogP contribution in [-0.4, -0.2) is 25.5 Å². The van der Waals surface area contributed by atoms with Crippen LogP contribution in [0.25, 0.3) is 11.3 Å². The van der Waals surface area contributed by atoms with Gasteiger partial charge in [-0.05, 0) is 72.5 Å². The number of hydrogen-bond donors (Lipinski definition) is 2. The average molecular weight is 554 g/mol. The molecular formula is C27H22F3N5O3S. The molecule has 0 radical (unpaired) electrons. The molecule has 0 aliphatic heterocycles. The number of benzene rings is 2. The van der Waals surface area contributed by atoms with E-state index >= 15 is 0 Å². The topological polar surface area (TPSA) is 131 Å². The maximum absolute atomic E-state index is 13.1. The summed E-state index contributed by atoms with van der Waals surface area (Å²) in [6.45, 7) is 1.71. The number of nitriles is 1. The number of nitrogens with zero attached hydrogens (tertiary/aromatic N) is 3. The van der Waals surface area contributed by atoms with Gasteiger partial charge in [-0.15, -0.1) is 0 Å².